The summed E-state index contributed by atoms with van der Waals surface area (Å²) in [6.07, 6.45) is 0. The molecule has 0 aliphatic carbocycles. The number of nitrogens with one attached hydrogen (secondary N) is 1. The molecule has 0 aliphatic heterocycles. The number of carbonyl (C=O) groups excluding carboxylic acids is 1. The molecule has 0 amide bonds. The number of anilines is 1. The van der Waals surface area contributed by atoms with Crippen molar-refractivity contribution in [2.45, 2.75) is 13.5 Å². The number of ether oxygens (including phenoxy) is 1. The molecule has 0 radical (unpaired) electrons. The molecule has 0 atom stereocenters. The molecule has 0 spiro atoms. The van der Waals surface area contributed by atoms with Crippen LogP contribution < -0.4 is 5.32 Å². The van der Waals surface area contributed by atoms with Crippen molar-refractivity contribution < 1.29 is 9.53 Å². The van der Waals surface area contributed by atoms with Crippen molar-refractivity contribution >= 4 is 28.2 Å². The number of benzene rings is 2. The molecule has 2 aromatic carbocycles. The van der Waals surface area contributed by atoms with Gasteiger partial charge in [0, 0.05) is 17.6 Å². The lowest BCUT2D eigenvalue weighted by Crippen LogP contribution is -2.14. The van der Waals surface area contributed by atoms with Gasteiger partial charge >= 0.3 is 5.97 Å². The summed E-state index contributed by atoms with van der Waals surface area (Å²) in [5.41, 5.74) is 4.30. The quantitative estimate of drug-likeness (QED) is 0.414. The lowest BCUT2D eigenvalue weighted by Gasteiger charge is -2.13. The fraction of sp³-hybridized carbons (Fsp3) is 0.120. The first kappa shape index (κ1) is 20.3. The van der Waals surface area contributed by atoms with E-state index >= 15 is 0 Å². The largest absolute Gasteiger partial charge is 0.464 e. The van der Waals surface area contributed by atoms with Crippen molar-refractivity contribution in [1.29, 1.82) is 5.26 Å². The molecule has 0 unspecified atom stereocenters. The monoisotopic (exact) mass is 436 g/mol. The van der Waals surface area contributed by atoms with Crippen LogP contribution in [0.25, 0.3) is 22.4 Å². The van der Waals surface area contributed by atoms with Gasteiger partial charge in [0.25, 0.3) is 5.95 Å². The van der Waals surface area contributed by atoms with Crippen molar-refractivity contribution in [3.63, 3.8) is 0 Å². The number of hydrogen-bond acceptors (Lipinski definition) is 6. The third-order valence-corrected chi connectivity index (χ3v) is 5.55. The highest BCUT2D eigenvalue weighted by Gasteiger charge is 2.19. The third kappa shape index (κ3) is 3.46. The number of fused-ring (bicyclic) bond motifs is 2. The number of esters is 1. The Bertz CT molecular complexity index is 1540. The fourth-order valence-electron chi connectivity index (χ4n) is 3.98. The first-order valence-electron chi connectivity index (χ1n) is 10.4. The first-order valence-corrected chi connectivity index (χ1v) is 10.4. The maximum absolute atomic E-state index is 12.4. The molecular weight excluding hydrogens is 416 g/mol. The molecule has 8 heteroatoms. The van der Waals surface area contributed by atoms with Crippen molar-refractivity contribution in [3.8, 4) is 12.0 Å². The van der Waals surface area contributed by atoms with Gasteiger partial charge in [0.1, 0.15) is 5.52 Å². The smallest absolute Gasteiger partial charge is 0.356 e. The van der Waals surface area contributed by atoms with Crippen molar-refractivity contribution in [3.05, 3.63) is 89.2 Å². The average Bonchev–Trinajstić information content (AvgIpc) is 3.42. The number of nitriles is 1. The highest BCUT2D eigenvalue weighted by atomic mass is 16.5. The minimum atomic E-state index is -0.491. The molecular formula is C25H20N6O2. The summed E-state index contributed by atoms with van der Waals surface area (Å²) in [4.78, 5) is 17.2. The number of nitrogens with zero attached hydrogens (tertiary/aromatic N) is 5. The van der Waals surface area contributed by atoms with Gasteiger partial charge in [0.05, 0.1) is 24.3 Å². The minimum absolute atomic E-state index is 0.297. The Kier molecular flexibility index (Phi) is 4.99. The van der Waals surface area contributed by atoms with E-state index in [-0.39, 0.29) is 0 Å². The Morgan fingerprint density at radius 3 is 2.67 bits per heavy atom. The molecule has 5 rings (SSSR count). The molecule has 33 heavy (non-hydrogen) atoms. The first-order chi connectivity index (χ1) is 16.1. The van der Waals surface area contributed by atoms with E-state index in [2.05, 4.69) is 16.5 Å². The van der Waals surface area contributed by atoms with Gasteiger partial charge in [-0.1, -0.05) is 36.4 Å². The maximum Gasteiger partial charge on any atom is 0.356 e. The zero-order chi connectivity index (χ0) is 22.9. The molecule has 0 bridgehead atoms. The second kappa shape index (κ2) is 8.13. The van der Waals surface area contributed by atoms with Gasteiger partial charge in [-0.05, 0) is 42.8 Å². The second-order valence-corrected chi connectivity index (χ2v) is 7.58. The maximum atomic E-state index is 12.4. The summed E-state index contributed by atoms with van der Waals surface area (Å²) in [6, 6.07) is 23.1. The summed E-state index contributed by atoms with van der Waals surface area (Å²) in [5.74, 6) is 0.466. The van der Waals surface area contributed by atoms with E-state index in [9.17, 15) is 10.1 Å². The van der Waals surface area contributed by atoms with Crippen LogP contribution in [0.3, 0.4) is 0 Å². The molecule has 1 N–H and O–H groups in total. The van der Waals surface area contributed by atoms with Gasteiger partial charge in [0.2, 0.25) is 0 Å². The van der Waals surface area contributed by atoms with Gasteiger partial charge < -0.3 is 10.1 Å². The van der Waals surface area contributed by atoms with Gasteiger partial charge in [-0.15, -0.1) is 5.10 Å². The highest BCUT2D eigenvalue weighted by molar-refractivity contribution is 5.91. The standard InChI is InChI=1S/C25H20N6O2/c1-16-13-19-18(14-26)9-6-10-20(19)30(16)25-28-23(27-15-17-7-4-3-5-8-17)21-11-12-22(24(32)33-2)31(21)29-25/h3-13H,15H2,1-2H3,(H,27,28,29). The molecule has 0 saturated carbocycles. The van der Waals surface area contributed by atoms with Gasteiger partial charge in [-0.2, -0.15) is 10.2 Å². The Balaban J connectivity index is 1.71. The van der Waals surface area contributed by atoms with E-state index in [0.29, 0.717) is 35.1 Å². The summed E-state index contributed by atoms with van der Waals surface area (Å²) < 4.78 is 8.37. The number of rotatable bonds is 5. The fourth-order valence-corrected chi connectivity index (χ4v) is 3.98. The van der Waals surface area contributed by atoms with Crippen LogP contribution in [0.4, 0.5) is 5.82 Å². The third-order valence-electron chi connectivity index (χ3n) is 5.55. The summed E-state index contributed by atoms with van der Waals surface area (Å²) >= 11 is 0. The topological polar surface area (TPSA) is 97.2 Å². The summed E-state index contributed by atoms with van der Waals surface area (Å²) in [6.45, 7) is 2.48. The van der Waals surface area contributed by atoms with Crippen molar-refractivity contribution in [2.75, 3.05) is 12.4 Å². The Labute approximate surface area is 189 Å². The molecule has 3 aromatic heterocycles. The average molecular weight is 436 g/mol. The molecule has 0 fully saturated rings. The zero-order valence-electron chi connectivity index (χ0n) is 18.1. The van der Waals surface area contributed by atoms with E-state index in [1.807, 2.05) is 60.0 Å². The van der Waals surface area contributed by atoms with Crippen LogP contribution in [0.5, 0.6) is 0 Å². The molecule has 0 aliphatic rings. The number of aryl methyl sites for hydroxylation is 1. The Morgan fingerprint density at radius 2 is 1.91 bits per heavy atom. The minimum Gasteiger partial charge on any atom is -0.464 e. The van der Waals surface area contributed by atoms with E-state index in [1.165, 1.54) is 7.11 Å². The van der Waals surface area contributed by atoms with Crippen LogP contribution in [-0.4, -0.2) is 32.2 Å². The number of methoxy groups -OCH3 is 1. The van der Waals surface area contributed by atoms with Crippen LogP contribution in [0.2, 0.25) is 0 Å². The lowest BCUT2D eigenvalue weighted by molar-refractivity contribution is 0.0591. The van der Waals surface area contributed by atoms with Crippen molar-refractivity contribution in [1.82, 2.24) is 19.2 Å². The Morgan fingerprint density at radius 1 is 1.09 bits per heavy atom. The predicted molar refractivity (Wildman–Crippen MR) is 124 cm³/mol. The molecule has 0 saturated heterocycles. The SMILES string of the molecule is COC(=O)c1ccc2c(NCc3ccccc3)nc(-n3c(C)cc4c(C#N)cccc43)nn12. The summed E-state index contributed by atoms with van der Waals surface area (Å²) in [7, 11) is 1.34. The van der Waals surface area contributed by atoms with Crippen molar-refractivity contribution in [2.24, 2.45) is 0 Å². The van der Waals surface area contributed by atoms with Gasteiger partial charge in [-0.25, -0.2) is 9.31 Å². The number of aromatic nitrogens is 4. The van der Waals surface area contributed by atoms with Crippen LogP contribution in [0.15, 0.2) is 66.7 Å². The zero-order valence-corrected chi connectivity index (χ0v) is 18.1. The predicted octanol–water partition coefficient (Wildman–Crippen LogP) is 4.25. The molecule has 5 aromatic rings. The van der Waals surface area contributed by atoms with E-state index in [1.54, 1.807) is 22.7 Å². The van der Waals surface area contributed by atoms with Crippen LogP contribution in [0, 0.1) is 18.3 Å². The van der Waals surface area contributed by atoms with Crippen LogP contribution in [-0.2, 0) is 11.3 Å². The van der Waals surface area contributed by atoms with E-state index in [4.69, 9.17) is 9.72 Å². The molecule has 3 heterocycles. The van der Waals surface area contributed by atoms with Crippen LogP contribution in [0.1, 0.15) is 27.3 Å². The number of carbonyl (C=O) groups is 1. The second-order valence-electron chi connectivity index (χ2n) is 7.58. The van der Waals surface area contributed by atoms with E-state index < -0.39 is 5.97 Å². The molecule has 162 valence electrons. The lowest BCUT2D eigenvalue weighted by atomic mass is 10.1. The molecule has 8 nitrogen and oxygen atoms in total. The highest BCUT2D eigenvalue weighted by Crippen LogP contribution is 2.27. The van der Waals surface area contributed by atoms with E-state index in [0.717, 1.165) is 22.2 Å². The van der Waals surface area contributed by atoms with Crippen LogP contribution >= 0.6 is 0 Å². The number of hydrogen-bond donors (Lipinski definition) is 1. The van der Waals surface area contributed by atoms with Gasteiger partial charge in [0.15, 0.2) is 11.5 Å². The normalized spacial score (nSPS) is 10.9. The summed E-state index contributed by atoms with van der Waals surface area (Å²) in [5, 5.41) is 18.4. The Hall–Kier alpha value is -4.64. The van der Waals surface area contributed by atoms with Gasteiger partial charge in [-0.3, -0.25) is 4.57 Å².